The second kappa shape index (κ2) is 6.82. The Balaban J connectivity index is 1.76. The summed E-state index contributed by atoms with van der Waals surface area (Å²) in [5, 5.41) is 11.7. The van der Waals surface area contributed by atoms with Crippen molar-refractivity contribution in [3.05, 3.63) is 23.8 Å². The molecule has 27 heavy (non-hydrogen) atoms. The SMILES string of the molecule is C=CC[C@H]1C[C@](C)(C=O)C(CC)C2CC[C@@]3(O)CC4(CCC3=C21)OCCO4. The van der Waals surface area contributed by atoms with E-state index >= 15 is 0 Å². The highest BCUT2D eigenvalue weighted by Crippen LogP contribution is 2.60. The topological polar surface area (TPSA) is 55.8 Å². The van der Waals surface area contributed by atoms with Gasteiger partial charge in [-0.25, -0.2) is 0 Å². The molecule has 4 rings (SSSR count). The molecule has 1 heterocycles. The molecular weight excluding hydrogens is 340 g/mol. The Kier molecular flexibility index (Phi) is 4.89. The second-order valence-corrected chi connectivity index (χ2v) is 9.46. The molecular formula is C23H34O4. The quantitative estimate of drug-likeness (QED) is 0.592. The average Bonchev–Trinajstić information content (AvgIpc) is 3.09. The van der Waals surface area contributed by atoms with Gasteiger partial charge in [-0.15, -0.1) is 6.58 Å². The molecule has 1 aliphatic heterocycles. The Morgan fingerprint density at radius 2 is 2.04 bits per heavy atom. The average molecular weight is 375 g/mol. The van der Waals surface area contributed by atoms with Gasteiger partial charge in [-0.1, -0.05) is 31.9 Å². The van der Waals surface area contributed by atoms with Gasteiger partial charge in [0.25, 0.3) is 0 Å². The maximum Gasteiger partial charge on any atom is 0.171 e. The molecule has 3 fully saturated rings. The van der Waals surface area contributed by atoms with Crippen molar-refractivity contribution in [1.29, 1.82) is 0 Å². The Bertz CT molecular complexity index is 647. The van der Waals surface area contributed by atoms with Crippen LogP contribution in [0.15, 0.2) is 23.8 Å². The van der Waals surface area contributed by atoms with Gasteiger partial charge in [-0.3, -0.25) is 0 Å². The first-order chi connectivity index (χ1) is 12.9. The van der Waals surface area contributed by atoms with Crippen molar-refractivity contribution in [1.82, 2.24) is 0 Å². The fraction of sp³-hybridized carbons (Fsp3) is 0.783. The molecule has 1 saturated heterocycles. The number of carbonyl (C=O) groups excluding carboxylic acids is 1. The van der Waals surface area contributed by atoms with Crippen molar-refractivity contribution in [3.63, 3.8) is 0 Å². The third-order valence-corrected chi connectivity index (χ3v) is 7.93. The first kappa shape index (κ1) is 19.4. The Hall–Kier alpha value is -0.970. The number of hydrogen-bond donors (Lipinski definition) is 1. The molecule has 3 aliphatic carbocycles. The van der Waals surface area contributed by atoms with E-state index < -0.39 is 11.4 Å². The third-order valence-electron chi connectivity index (χ3n) is 7.93. The highest BCUT2D eigenvalue weighted by molar-refractivity contribution is 5.61. The van der Waals surface area contributed by atoms with Crippen molar-refractivity contribution in [2.75, 3.05) is 13.2 Å². The lowest BCUT2D eigenvalue weighted by atomic mass is 9.51. The summed E-state index contributed by atoms with van der Waals surface area (Å²) in [6.07, 6.45) is 9.84. The minimum absolute atomic E-state index is 0.278. The molecule has 1 N–H and O–H groups in total. The summed E-state index contributed by atoms with van der Waals surface area (Å²) in [5.74, 6) is 0.485. The van der Waals surface area contributed by atoms with Gasteiger partial charge in [0.15, 0.2) is 5.79 Å². The summed E-state index contributed by atoms with van der Waals surface area (Å²) in [6, 6.07) is 0. The molecule has 4 nitrogen and oxygen atoms in total. The molecule has 2 saturated carbocycles. The zero-order chi connectivity index (χ0) is 19.3. The fourth-order valence-corrected chi connectivity index (χ4v) is 6.87. The van der Waals surface area contributed by atoms with Crippen LogP contribution in [0.2, 0.25) is 0 Å². The summed E-state index contributed by atoms with van der Waals surface area (Å²) < 4.78 is 11.9. The Morgan fingerprint density at radius 3 is 2.67 bits per heavy atom. The molecule has 0 amide bonds. The summed E-state index contributed by atoms with van der Waals surface area (Å²) in [5.41, 5.74) is 1.59. The number of rotatable bonds is 4. The molecule has 2 unspecified atom stereocenters. The molecule has 0 aromatic carbocycles. The number of ether oxygens (including phenoxy) is 2. The largest absolute Gasteiger partial charge is 0.385 e. The third kappa shape index (κ3) is 2.95. The van der Waals surface area contributed by atoms with Crippen LogP contribution in [0.5, 0.6) is 0 Å². The minimum atomic E-state index is -0.818. The van der Waals surface area contributed by atoms with Crippen LogP contribution in [0, 0.1) is 23.2 Å². The van der Waals surface area contributed by atoms with E-state index in [2.05, 4.69) is 20.4 Å². The number of aldehydes is 1. The lowest BCUT2D eigenvalue weighted by molar-refractivity contribution is -0.208. The highest BCUT2D eigenvalue weighted by atomic mass is 16.7. The molecule has 0 bridgehead atoms. The first-order valence-electron chi connectivity index (χ1n) is 10.7. The van der Waals surface area contributed by atoms with E-state index in [1.165, 1.54) is 17.4 Å². The molecule has 4 aliphatic rings. The zero-order valence-electron chi connectivity index (χ0n) is 16.8. The predicted molar refractivity (Wildman–Crippen MR) is 104 cm³/mol. The maximum absolute atomic E-state index is 12.1. The fourth-order valence-electron chi connectivity index (χ4n) is 6.87. The Labute approximate surface area is 163 Å². The van der Waals surface area contributed by atoms with Crippen molar-refractivity contribution in [2.24, 2.45) is 23.2 Å². The van der Waals surface area contributed by atoms with Crippen LogP contribution in [-0.4, -0.2) is 36.0 Å². The van der Waals surface area contributed by atoms with Gasteiger partial charge in [0.1, 0.15) is 6.29 Å². The standard InChI is InChI=1S/C23H34O4/c1-4-6-16-13-21(3,15-24)18(5-2)17-7-9-22(25)14-23(26-11-12-27-23)10-8-19(22)20(16)17/h4,15-18,25H,1,5-14H2,2-3H3/t16-,17?,18?,21+,22+/m0/s1. The smallest absolute Gasteiger partial charge is 0.171 e. The van der Waals surface area contributed by atoms with Crippen LogP contribution in [0.3, 0.4) is 0 Å². The van der Waals surface area contributed by atoms with E-state index in [-0.39, 0.29) is 5.41 Å². The van der Waals surface area contributed by atoms with Crippen LogP contribution >= 0.6 is 0 Å². The lowest BCUT2D eigenvalue weighted by Gasteiger charge is -2.55. The van der Waals surface area contributed by atoms with Gasteiger partial charge in [-0.05, 0) is 55.4 Å². The zero-order valence-corrected chi connectivity index (χ0v) is 16.8. The van der Waals surface area contributed by atoms with Gasteiger partial charge in [0.2, 0.25) is 0 Å². The summed E-state index contributed by atoms with van der Waals surface area (Å²) in [4.78, 5) is 12.1. The summed E-state index contributed by atoms with van der Waals surface area (Å²) in [7, 11) is 0. The molecule has 5 atom stereocenters. The van der Waals surface area contributed by atoms with E-state index in [9.17, 15) is 9.90 Å². The van der Waals surface area contributed by atoms with Gasteiger partial charge in [0, 0.05) is 18.3 Å². The van der Waals surface area contributed by atoms with E-state index in [1.807, 2.05) is 6.08 Å². The van der Waals surface area contributed by atoms with Crippen LogP contribution in [-0.2, 0) is 14.3 Å². The van der Waals surface area contributed by atoms with Crippen molar-refractivity contribution in [3.8, 4) is 0 Å². The monoisotopic (exact) mass is 374 g/mol. The maximum atomic E-state index is 12.1. The number of carbonyl (C=O) groups is 1. The summed E-state index contributed by atoms with van der Waals surface area (Å²) >= 11 is 0. The first-order valence-corrected chi connectivity index (χ1v) is 10.7. The number of fused-ring (bicyclic) bond motifs is 2. The second-order valence-electron chi connectivity index (χ2n) is 9.46. The van der Waals surface area contributed by atoms with Crippen LogP contribution in [0.4, 0.5) is 0 Å². The number of aliphatic hydroxyl groups is 1. The van der Waals surface area contributed by atoms with Crippen molar-refractivity contribution >= 4 is 6.29 Å². The van der Waals surface area contributed by atoms with Crippen molar-refractivity contribution < 1.29 is 19.4 Å². The summed E-state index contributed by atoms with van der Waals surface area (Å²) in [6.45, 7) is 9.57. The van der Waals surface area contributed by atoms with E-state index in [1.54, 1.807) is 0 Å². The Morgan fingerprint density at radius 1 is 1.30 bits per heavy atom. The van der Waals surface area contributed by atoms with Crippen LogP contribution < -0.4 is 0 Å². The van der Waals surface area contributed by atoms with Crippen LogP contribution in [0.25, 0.3) is 0 Å². The van der Waals surface area contributed by atoms with Gasteiger partial charge in [-0.2, -0.15) is 0 Å². The molecule has 150 valence electrons. The molecule has 0 aromatic heterocycles. The van der Waals surface area contributed by atoms with E-state index in [4.69, 9.17) is 9.47 Å². The molecule has 1 spiro atoms. The van der Waals surface area contributed by atoms with Crippen molar-refractivity contribution in [2.45, 2.75) is 76.6 Å². The molecule has 0 radical (unpaired) electrons. The number of hydrogen-bond acceptors (Lipinski definition) is 4. The van der Waals surface area contributed by atoms with E-state index in [0.29, 0.717) is 37.4 Å². The van der Waals surface area contributed by atoms with Gasteiger partial charge >= 0.3 is 0 Å². The minimum Gasteiger partial charge on any atom is -0.385 e. The predicted octanol–water partition coefficient (Wildman–Crippen LogP) is 4.18. The van der Waals surface area contributed by atoms with Gasteiger partial charge < -0.3 is 19.4 Å². The highest BCUT2D eigenvalue weighted by Gasteiger charge is 2.57. The van der Waals surface area contributed by atoms with E-state index in [0.717, 1.165) is 44.9 Å². The molecule has 0 aromatic rings. The van der Waals surface area contributed by atoms with Gasteiger partial charge in [0.05, 0.1) is 18.8 Å². The number of allylic oxidation sites excluding steroid dienone is 2. The van der Waals surface area contributed by atoms with Crippen LogP contribution in [0.1, 0.15) is 65.2 Å². The normalized spacial score (nSPS) is 43.3. The lowest BCUT2D eigenvalue weighted by Crippen LogP contribution is -2.54. The molecule has 4 heteroatoms.